The van der Waals surface area contributed by atoms with Crippen molar-refractivity contribution in [2.45, 2.75) is 19.9 Å². The van der Waals surface area contributed by atoms with E-state index < -0.39 is 0 Å². The minimum absolute atomic E-state index is 0.501. The van der Waals surface area contributed by atoms with Crippen LogP contribution in [0, 0.1) is 5.92 Å². The van der Waals surface area contributed by atoms with Crippen LogP contribution >= 0.6 is 22.9 Å². The molecule has 1 saturated heterocycles. The minimum atomic E-state index is 0.501. The van der Waals surface area contributed by atoms with Gasteiger partial charge < -0.3 is 10.2 Å². The van der Waals surface area contributed by atoms with Crippen molar-refractivity contribution in [2.75, 3.05) is 45.1 Å². The van der Waals surface area contributed by atoms with Gasteiger partial charge in [-0.25, -0.2) is 0 Å². The highest BCUT2D eigenvalue weighted by Crippen LogP contribution is 2.31. The van der Waals surface area contributed by atoms with Gasteiger partial charge in [0.1, 0.15) is 0 Å². The zero-order valence-corrected chi connectivity index (χ0v) is 16.6. The van der Waals surface area contributed by atoms with Crippen LogP contribution in [0.4, 0.5) is 5.13 Å². The molecule has 0 radical (unpaired) electrons. The number of halogens is 1. The zero-order valence-electron chi connectivity index (χ0n) is 15.1. The summed E-state index contributed by atoms with van der Waals surface area (Å²) in [6.45, 7) is 10.00. The Bertz CT molecular complexity index is 682. The molecular formula is C18H26ClN5S. The molecule has 3 rings (SSSR count). The Balaban J connectivity index is 1.63. The molecule has 2 heterocycles. The van der Waals surface area contributed by atoms with Crippen molar-refractivity contribution < 1.29 is 0 Å². The quantitative estimate of drug-likeness (QED) is 0.831. The van der Waals surface area contributed by atoms with Crippen molar-refractivity contribution in [2.24, 2.45) is 5.92 Å². The van der Waals surface area contributed by atoms with Crippen LogP contribution in [0.3, 0.4) is 0 Å². The van der Waals surface area contributed by atoms with Gasteiger partial charge in [0, 0.05) is 44.3 Å². The SMILES string of the molecule is CC(C)C(CNc1nnc(-c2ccccc2Cl)s1)N1CCN(C)CC1. The molecule has 0 spiro atoms. The van der Waals surface area contributed by atoms with Crippen molar-refractivity contribution in [3.8, 4) is 10.6 Å². The molecule has 1 N–H and O–H groups in total. The van der Waals surface area contributed by atoms with E-state index in [0.717, 1.165) is 48.4 Å². The number of likely N-dealkylation sites (N-methyl/N-ethyl adjacent to an activating group) is 1. The molecular weight excluding hydrogens is 354 g/mol. The summed E-state index contributed by atoms with van der Waals surface area (Å²) in [5.74, 6) is 0.590. The fraction of sp³-hybridized carbons (Fsp3) is 0.556. The number of hydrogen-bond donors (Lipinski definition) is 1. The molecule has 7 heteroatoms. The average molecular weight is 380 g/mol. The molecule has 1 aliphatic heterocycles. The first-order valence-corrected chi connectivity index (χ1v) is 9.99. The van der Waals surface area contributed by atoms with Crippen molar-refractivity contribution in [1.29, 1.82) is 0 Å². The summed E-state index contributed by atoms with van der Waals surface area (Å²) in [4.78, 5) is 4.98. The highest BCUT2D eigenvalue weighted by molar-refractivity contribution is 7.18. The topological polar surface area (TPSA) is 44.3 Å². The van der Waals surface area contributed by atoms with Crippen LogP contribution in [0.25, 0.3) is 10.6 Å². The molecule has 1 fully saturated rings. The van der Waals surface area contributed by atoms with E-state index in [0.29, 0.717) is 17.0 Å². The van der Waals surface area contributed by atoms with Gasteiger partial charge in [-0.1, -0.05) is 55.0 Å². The second-order valence-electron chi connectivity index (χ2n) is 6.92. The Kier molecular flexibility index (Phi) is 6.28. The predicted molar refractivity (Wildman–Crippen MR) is 107 cm³/mol. The van der Waals surface area contributed by atoms with Crippen LogP contribution in [-0.2, 0) is 0 Å². The molecule has 0 amide bonds. The van der Waals surface area contributed by atoms with Crippen molar-refractivity contribution in [1.82, 2.24) is 20.0 Å². The summed E-state index contributed by atoms with van der Waals surface area (Å²) in [5, 5.41) is 14.5. The van der Waals surface area contributed by atoms with Crippen molar-refractivity contribution in [3.63, 3.8) is 0 Å². The van der Waals surface area contributed by atoms with Crippen LogP contribution in [0.1, 0.15) is 13.8 Å². The number of piperazine rings is 1. The largest absolute Gasteiger partial charge is 0.358 e. The summed E-state index contributed by atoms with van der Waals surface area (Å²) >= 11 is 7.81. The number of anilines is 1. The van der Waals surface area contributed by atoms with Gasteiger partial charge in [-0.15, -0.1) is 10.2 Å². The van der Waals surface area contributed by atoms with E-state index in [1.165, 1.54) is 0 Å². The third kappa shape index (κ3) is 4.70. The van der Waals surface area contributed by atoms with Crippen molar-refractivity contribution in [3.05, 3.63) is 29.3 Å². The maximum atomic E-state index is 6.26. The van der Waals surface area contributed by atoms with Crippen LogP contribution in [0.15, 0.2) is 24.3 Å². The van der Waals surface area contributed by atoms with Crippen molar-refractivity contribution >= 4 is 28.1 Å². The summed E-state index contributed by atoms with van der Waals surface area (Å²) in [6.07, 6.45) is 0. The first-order valence-electron chi connectivity index (χ1n) is 8.79. The number of nitrogens with zero attached hydrogens (tertiary/aromatic N) is 4. The Morgan fingerprint density at radius 2 is 1.88 bits per heavy atom. The van der Waals surface area contributed by atoms with Gasteiger partial charge in [-0.2, -0.15) is 0 Å². The molecule has 0 bridgehead atoms. The standard InChI is InChI=1S/C18H26ClN5S/c1-13(2)16(24-10-8-23(3)9-11-24)12-20-18-22-21-17(25-18)14-6-4-5-7-15(14)19/h4-7,13,16H,8-12H2,1-3H3,(H,20,22). The molecule has 136 valence electrons. The third-order valence-corrected chi connectivity index (χ3v) is 6.01. The number of hydrogen-bond acceptors (Lipinski definition) is 6. The molecule has 0 saturated carbocycles. The highest BCUT2D eigenvalue weighted by atomic mass is 35.5. The number of aromatic nitrogens is 2. The molecule has 1 atom stereocenters. The van der Waals surface area contributed by atoms with Gasteiger partial charge >= 0.3 is 0 Å². The maximum absolute atomic E-state index is 6.26. The maximum Gasteiger partial charge on any atom is 0.206 e. The van der Waals surface area contributed by atoms with E-state index in [1.807, 2.05) is 24.3 Å². The first kappa shape index (κ1) is 18.6. The number of benzene rings is 1. The van der Waals surface area contributed by atoms with E-state index in [9.17, 15) is 0 Å². The Morgan fingerprint density at radius 3 is 2.56 bits per heavy atom. The predicted octanol–water partition coefficient (Wildman–Crippen LogP) is 3.54. The molecule has 1 aromatic heterocycles. The molecule has 1 unspecified atom stereocenters. The van der Waals surface area contributed by atoms with E-state index >= 15 is 0 Å². The molecule has 1 aliphatic rings. The van der Waals surface area contributed by atoms with Crippen LogP contribution < -0.4 is 5.32 Å². The second-order valence-corrected chi connectivity index (χ2v) is 8.31. The monoisotopic (exact) mass is 379 g/mol. The lowest BCUT2D eigenvalue weighted by molar-refractivity contribution is 0.0944. The smallest absolute Gasteiger partial charge is 0.206 e. The molecule has 25 heavy (non-hydrogen) atoms. The fourth-order valence-electron chi connectivity index (χ4n) is 3.17. The summed E-state index contributed by atoms with van der Waals surface area (Å²) in [6, 6.07) is 8.26. The number of rotatable bonds is 6. The fourth-order valence-corrected chi connectivity index (χ4v) is 4.24. The van der Waals surface area contributed by atoms with Crippen LogP contribution in [0.2, 0.25) is 5.02 Å². The lowest BCUT2D eigenvalue weighted by atomic mass is 10.0. The van der Waals surface area contributed by atoms with Crippen LogP contribution in [0.5, 0.6) is 0 Å². The summed E-state index contributed by atoms with van der Waals surface area (Å²) in [7, 11) is 2.19. The van der Waals surface area contributed by atoms with E-state index in [4.69, 9.17) is 11.6 Å². The Hall–Kier alpha value is -1.21. The van der Waals surface area contributed by atoms with Gasteiger partial charge in [0.15, 0.2) is 5.01 Å². The average Bonchev–Trinajstić information content (AvgIpc) is 3.05. The van der Waals surface area contributed by atoms with Gasteiger partial charge in [-0.05, 0) is 19.0 Å². The first-order chi connectivity index (χ1) is 12.0. The highest BCUT2D eigenvalue weighted by Gasteiger charge is 2.25. The molecule has 5 nitrogen and oxygen atoms in total. The minimum Gasteiger partial charge on any atom is -0.358 e. The summed E-state index contributed by atoms with van der Waals surface area (Å²) < 4.78 is 0. The Morgan fingerprint density at radius 1 is 1.16 bits per heavy atom. The number of nitrogens with one attached hydrogen (secondary N) is 1. The van der Waals surface area contributed by atoms with E-state index in [2.05, 4.69) is 46.2 Å². The molecule has 2 aromatic rings. The lowest BCUT2D eigenvalue weighted by Gasteiger charge is -2.39. The normalized spacial score (nSPS) is 17.8. The lowest BCUT2D eigenvalue weighted by Crippen LogP contribution is -2.52. The van der Waals surface area contributed by atoms with Gasteiger partial charge in [0.2, 0.25) is 5.13 Å². The third-order valence-electron chi connectivity index (χ3n) is 4.77. The second kappa shape index (κ2) is 8.45. The Labute approximate surface area is 159 Å². The molecule has 1 aromatic carbocycles. The van der Waals surface area contributed by atoms with E-state index in [1.54, 1.807) is 11.3 Å². The van der Waals surface area contributed by atoms with E-state index in [-0.39, 0.29) is 0 Å². The van der Waals surface area contributed by atoms with Gasteiger partial charge in [0.25, 0.3) is 0 Å². The van der Waals surface area contributed by atoms with Gasteiger partial charge in [0.05, 0.1) is 5.02 Å². The van der Waals surface area contributed by atoms with Crippen LogP contribution in [-0.4, -0.2) is 65.8 Å². The van der Waals surface area contributed by atoms with Gasteiger partial charge in [-0.3, -0.25) is 4.90 Å². The molecule has 0 aliphatic carbocycles. The zero-order chi connectivity index (χ0) is 17.8. The summed E-state index contributed by atoms with van der Waals surface area (Å²) in [5.41, 5.74) is 0.939.